The van der Waals surface area contributed by atoms with Crippen LogP contribution in [-0.4, -0.2) is 52.2 Å². The smallest absolute Gasteiger partial charge is 0.223 e. The van der Waals surface area contributed by atoms with Gasteiger partial charge in [-0.15, -0.1) is 0 Å². The average Bonchev–Trinajstić information content (AvgIpc) is 3.24. The van der Waals surface area contributed by atoms with Gasteiger partial charge in [-0.25, -0.2) is 22.4 Å². The number of sulfonamides is 1. The lowest BCUT2D eigenvalue weighted by Gasteiger charge is -2.30. The van der Waals surface area contributed by atoms with Crippen LogP contribution in [0.5, 0.6) is 0 Å². The number of aromatic nitrogens is 3. The lowest BCUT2D eigenvalue weighted by atomic mass is 9.97. The van der Waals surface area contributed by atoms with E-state index in [1.54, 1.807) is 15.3 Å². The minimum Gasteiger partial charge on any atom is -0.352 e. The second-order valence-corrected chi connectivity index (χ2v) is 9.51. The lowest BCUT2D eigenvalue weighted by Crippen LogP contribution is -2.43. The van der Waals surface area contributed by atoms with Crippen LogP contribution in [0.25, 0.3) is 0 Å². The summed E-state index contributed by atoms with van der Waals surface area (Å²) in [5.74, 6) is 0.0457. The molecule has 29 heavy (non-hydrogen) atoms. The fraction of sp³-hybridized carbons (Fsp3) is 0.550. The molecule has 0 spiro atoms. The molecule has 0 atom stereocenters. The molecule has 1 aliphatic heterocycles. The second-order valence-electron chi connectivity index (χ2n) is 7.42. The molecule has 9 heteroatoms. The highest BCUT2D eigenvalue weighted by Gasteiger charge is 2.30. The highest BCUT2D eigenvalue weighted by Crippen LogP contribution is 2.21. The highest BCUT2D eigenvalue weighted by molar-refractivity contribution is 7.89. The number of carbonyl (C=O) groups is 1. The number of benzene rings is 1. The number of hydrogen-bond acceptors (Lipinski definition) is 5. The number of hydrogen-bond donors (Lipinski definition) is 1. The Bertz CT molecular complexity index is 891. The number of amides is 1. The Morgan fingerprint density at radius 3 is 2.59 bits per heavy atom. The van der Waals surface area contributed by atoms with Gasteiger partial charge < -0.3 is 5.32 Å². The molecule has 8 nitrogen and oxygen atoms in total. The number of nitrogens with one attached hydrogen (secondary N) is 1. The van der Waals surface area contributed by atoms with E-state index in [9.17, 15) is 13.2 Å². The summed E-state index contributed by atoms with van der Waals surface area (Å²) in [7, 11) is -3.19. The van der Waals surface area contributed by atoms with Crippen molar-refractivity contribution in [2.24, 2.45) is 5.92 Å². The summed E-state index contributed by atoms with van der Waals surface area (Å²) < 4.78 is 27.9. The molecule has 1 aromatic carbocycles. The summed E-state index contributed by atoms with van der Waals surface area (Å²) in [6, 6.07) is 7.93. The molecule has 1 amide bonds. The standard InChI is InChI=1S/C20H29N5O3S/c1-2-3-12-29(27,28)25-10-8-17(9-11-25)20(26)22-13-18-6-4-5-7-19(18)14-24-16-21-15-23-24/h4-7,15-17H,2-3,8-14H2,1H3,(H,22,26). The van der Waals surface area contributed by atoms with Crippen LogP contribution in [-0.2, 0) is 27.9 Å². The van der Waals surface area contributed by atoms with Crippen LogP contribution in [0, 0.1) is 5.92 Å². The zero-order valence-corrected chi connectivity index (χ0v) is 17.6. The molecule has 1 aliphatic rings. The van der Waals surface area contributed by atoms with Gasteiger partial charge in [-0.3, -0.25) is 4.79 Å². The molecule has 0 radical (unpaired) electrons. The van der Waals surface area contributed by atoms with Gasteiger partial charge >= 0.3 is 0 Å². The molecule has 2 aromatic rings. The minimum absolute atomic E-state index is 0.00818. The largest absolute Gasteiger partial charge is 0.352 e. The zero-order valence-electron chi connectivity index (χ0n) is 16.8. The Morgan fingerprint density at radius 1 is 1.21 bits per heavy atom. The molecule has 1 saturated heterocycles. The quantitative estimate of drug-likeness (QED) is 0.668. The predicted molar refractivity (Wildman–Crippen MR) is 110 cm³/mol. The van der Waals surface area contributed by atoms with Crippen LogP contribution in [0.4, 0.5) is 0 Å². The number of unbranched alkanes of at least 4 members (excludes halogenated alkanes) is 1. The lowest BCUT2D eigenvalue weighted by molar-refractivity contribution is -0.126. The third-order valence-corrected chi connectivity index (χ3v) is 7.30. The van der Waals surface area contributed by atoms with Gasteiger partial charge in [0, 0.05) is 25.6 Å². The Morgan fingerprint density at radius 2 is 1.93 bits per heavy atom. The maximum Gasteiger partial charge on any atom is 0.223 e. The van der Waals surface area contributed by atoms with Gasteiger partial charge in [0.15, 0.2) is 0 Å². The van der Waals surface area contributed by atoms with Gasteiger partial charge in [-0.05, 0) is 30.4 Å². The topological polar surface area (TPSA) is 97.2 Å². The van der Waals surface area contributed by atoms with Crippen molar-refractivity contribution in [2.75, 3.05) is 18.8 Å². The number of piperidine rings is 1. The molecular formula is C20H29N5O3S. The van der Waals surface area contributed by atoms with E-state index in [0.29, 0.717) is 45.4 Å². The van der Waals surface area contributed by atoms with Crippen molar-refractivity contribution in [3.63, 3.8) is 0 Å². The van der Waals surface area contributed by atoms with Gasteiger partial charge in [0.1, 0.15) is 12.7 Å². The van der Waals surface area contributed by atoms with Gasteiger partial charge in [0.2, 0.25) is 15.9 Å². The number of rotatable bonds is 9. The molecule has 0 aliphatic carbocycles. The first-order valence-corrected chi connectivity index (χ1v) is 11.7. The summed E-state index contributed by atoms with van der Waals surface area (Å²) >= 11 is 0. The third kappa shape index (κ3) is 5.86. The van der Waals surface area contributed by atoms with E-state index >= 15 is 0 Å². The Labute approximate surface area is 172 Å². The van der Waals surface area contributed by atoms with Crippen molar-refractivity contribution in [1.82, 2.24) is 24.4 Å². The fourth-order valence-electron chi connectivity index (χ4n) is 3.55. The van der Waals surface area contributed by atoms with Crippen molar-refractivity contribution >= 4 is 15.9 Å². The highest BCUT2D eigenvalue weighted by atomic mass is 32.2. The fourth-order valence-corrected chi connectivity index (χ4v) is 5.23. The molecule has 0 unspecified atom stereocenters. The summed E-state index contributed by atoms with van der Waals surface area (Å²) in [5.41, 5.74) is 2.12. The van der Waals surface area contributed by atoms with Crippen molar-refractivity contribution in [3.05, 3.63) is 48.0 Å². The van der Waals surface area contributed by atoms with Crippen LogP contribution in [0.1, 0.15) is 43.7 Å². The second kappa shape index (κ2) is 9.98. The van der Waals surface area contributed by atoms with Crippen molar-refractivity contribution < 1.29 is 13.2 Å². The maximum absolute atomic E-state index is 12.6. The molecule has 0 saturated carbocycles. The Hall–Kier alpha value is -2.26. The number of nitrogens with zero attached hydrogens (tertiary/aromatic N) is 4. The molecule has 0 bridgehead atoms. The average molecular weight is 420 g/mol. The summed E-state index contributed by atoms with van der Waals surface area (Å²) in [4.78, 5) is 16.6. The summed E-state index contributed by atoms with van der Waals surface area (Å²) in [6.07, 6.45) is 5.83. The summed E-state index contributed by atoms with van der Waals surface area (Å²) in [5, 5.41) is 7.16. The SMILES string of the molecule is CCCCS(=O)(=O)N1CCC(C(=O)NCc2ccccc2Cn2cncn2)CC1. The van der Waals surface area contributed by atoms with Crippen LogP contribution < -0.4 is 5.32 Å². The van der Waals surface area contributed by atoms with Crippen molar-refractivity contribution in [3.8, 4) is 0 Å². The van der Waals surface area contributed by atoms with Crippen molar-refractivity contribution in [2.45, 2.75) is 45.7 Å². The first kappa shape index (κ1) is 21.4. The molecule has 1 fully saturated rings. The zero-order chi connectivity index (χ0) is 20.7. The first-order chi connectivity index (χ1) is 14.0. The van der Waals surface area contributed by atoms with E-state index in [-0.39, 0.29) is 17.6 Å². The monoisotopic (exact) mass is 419 g/mol. The Kier molecular flexibility index (Phi) is 7.38. The third-order valence-electron chi connectivity index (χ3n) is 5.34. The van der Waals surface area contributed by atoms with Crippen molar-refractivity contribution in [1.29, 1.82) is 0 Å². The molecule has 3 rings (SSSR count). The molecule has 158 valence electrons. The number of carbonyl (C=O) groups excluding carboxylic acids is 1. The maximum atomic E-state index is 12.6. The van der Waals surface area contributed by atoms with E-state index in [0.717, 1.165) is 17.5 Å². The van der Waals surface area contributed by atoms with Crippen LogP contribution in [0.2, 0.25) is 0 Å². The molecule has 1 N–H and O–H groups in total. The van der Waals surface area contributed by atoms with Gasteiger partial charge in [0.25, 0.3) is 0 Å². The van der Waals surface area contributed by atoms with Crippen LogP contribution in [0.15, 0.2) is 36.9 Å². The summed E-state index contributed by atoms with van der Waals surface area (Å²) in [6.45, 7) is 3.87. The van der Waals surface area contributed by atoms with Crippen LogP contribution in [0.3, 0.4) is 0 Å². The van der Waals surface area contributed by atoms with E-state index in [2.05, 4.69) is 15.4 Å². The van der Waals surface area contributed by atoms with Gasteiger partial charge in [0.05, 0.1) is 12.3 Å². The van der Waals surface area contributed by atoms with E-state index in [1.807, 2.05) is 31.2 Å². The predicted octanol–water partition coefficient (Wildman–Crippen LogP) is 1.78. The molecule has 1 aromatic heterocycles. The Balaban J connectivity index is 1.51. The molecular weight excluding hydrogens is 390 g/mol. The van der Waals surface area contributed by atoms with Gasteiger partial charge in [-0.2, -0.15) is 5.10 Å². The first-order valence-electron chi connectivity index (χ1n) is 10.1. The van der Waals surface area contributed by atoms with E-state index < -0.39 is 10.0 Å². The van der Waals surface area contributed by atoms with E-state index in [4.69, 9.17) is 0 Å². The molecule has 2 heterocycles. The van der Waals surface area contributed by atoms with Crippen LogP contribution >= 0.6 is 0 Å². The van der Waals surface area contributed by atoms with E-state index in [1.165, 1.54) is 6.33 Å². The minimum atomic E-state index is -3.19. The van der Waals surface area contributed by atoms with Gasteiger partial charge in [-0.1, -0.05) is 37.6 Å². The normalized spacial score (nSPS) is 16.0.